The number of hydrogen-bond acceptors (Lipinski definition) is 4. The number of nitrogens with two attached hydrogens (primary N) is 1. The van der Waals surface area contributed by atoms with Crippen LogP contribution < -0.4 is 10.6 Å². The lowest BCUT2D eigenvalue weighted by atomic mass is 9.98. The molecule has 4 nitrogen and oxygen atoms in total. The second kappa shape index (κ2) is 5.29. The van der Waals surface area contributed by atoms with Crippen molar-refractivity contribution in [3.63, 3.8) is 0 Å². The van der Waals surface area contributed by atoms with Gasteiger partial charge in [0.05, 0.1) is 24.0 Å². The molecule has 0 aromatic heterocycles. The van der Waals surface area contributed by atoms with Gasteiger partial charge in [-0.25, -0.2) is 4.79 Å². The summed E-state index contributed by atoms with van der Waals surface area (Å²) in [6.07, 6.45) is 1.00. The zero-order valence-electron chi connectivity index (χ0n) is 11.8. The molecule has 1 rings (SSSR count). The molecule has 0 bridgehead atoms. The molecule has 0 fully saturated rings. The molecule has 0 atom stereocenters. The molecular formula is C14H22N2O2. The number of methoxy groups -OCH3 is 1. The Labute approximate surface area is 109 Å². The van der Waals surface area contributed by atoms with Crippen LogP contribution in [0, 0.1) is 0 Å². The molecular weight excluding hydrogens is 228 g/mol. The lowest BCUT2D eigenvalue weighted by molar-refractivity contribution is 0.0601. The number of carbonyl (C=O) groups is 1. The van der Waals surface area contributed by atoms with Crippen LogP contribution in [0.3, 0.4) is 0 Å². The molecule has 0 saturated heterocycles. The molecule has 0 aliphatic rings. The van der Waals surface area contributed by atoms with Crippen molar-refractivity contribution in [2.24, 2.45) is 0 Å². The van der Waals surface area contributed by atoms with Gasteiger partial charge in [0.1, 0.15) is 0 Å². The fourth-order valence-electron chi connectivity index (χ4n) is 1.67. The predicted octanol–water partition coefficient (Wildman–Crippen LogP) is 2.68. The quantitative estimate of drug-likeness (QED) is 0.659. The van der Waals surface area contributed by atoms with Crippen LogP contribution >= 0.6 is 0 Å². The van der Waals surface area contributed by atoms with E-state index in [9.17, 15) is 4.79 Å². The van der Waals surface area contributed by atoms with Gasteiger partial charge >= 0.3 is 5.97 Å². The van der Waals surface area contributed by atoms with Gasteiger partial charge in [0, 0.05) is 12.6 Å². The zero-order valence-corrected chi connectivity index (χ0v) is 11.8. The first-order chi connectivity index (χ1) is 8.33. The van der Waals surface area contributed by atoms with E-state index in [1.807, 2.05) is 13.1 Å². The van der Waals surface area contributed by atoms with Crippen molar-refractivity contribution in [1.82, 2.24) is 0 Å². The highest BCUT2D eigenvalue weighted by molar-refractivity contribution is 5.92. The molecule has 0 radical (unpaired) electrons. The van der Waals surface area contributed by atoms with Gasteiger partial charge in [-0.1, -0.05) is 6.92 Å². The van der Waals surface area contributed by atoms with Crippen LogP contribution in [0.1, 0.15) is 37.6 Å². The average Bonchev–Trinajstić information content (AvgIpc) is 2.36. The van der Waals surface area contributed by atoms with E-state index in [4.69, 9.17) is 5.73 Å². The van der Waals surface area contributed by atoms with Gasteiger partial charge in [-0.15, -0.1) is 0 Å². The summed E-state index contributed by atoms with van der Waals surface area (Å²) in [5, 5.41) is 0. The predicted molar refractivity (Wildman–Crippen MR) is 75.0 cm³/mol. The molecule has 4 heteroatoms. The van der Waals surface area contributed by atoms with Gasteiger partial charge in [0.15, 0.2) is 0 Å². The minimum Gasteiger partial charge on any atom is -0.465 e. The van der Waals surface area contributed by atoms with Crippen LogP contribution in [0.15, 0.2) is 18.2 Å². The van der Waals surface area contributed by atoms with Crippen molar-refractivity contribution in [2.45, 2.75) is 32.7 Å². The molecule has 1 aromatic carbocycles. The second-order valence-electron chi connectivity index (χ2n) is 4.99. The van der Waals surface area contributed by atoms with E-state index in [1.54, 1.807) is 12.1 Å². The first-order valence-electron chi connectivity index (χ1n) is 6.05. The summed E-state index contributed by atoms with van der Waals surface area (Å²) in [4.78, 5) is 13.5. The highest BCUT2D eigenvalue weighted by Gasteiger charge is 2.23. The zero-order chi connectivity index (χ0) is 13.9. The Hall–Kier alpha value is -1.71. The van der Waals surface area contributed by atoms with Gasteiger partial charge < -0.3 is 15.4 Å². The minimum atomic E-state index is -0.370. The molecule has 0 heterocycles. The standard InChI is InChI=1S/C14H22N2O2/c1-6-14(2,3)16(4)12-8-7-10(9-11(12)15)13(17)18-5/h7-9H,6,15H2,1-5H3. The number of nitrogens with zero attached hydrogens (tertiary/aromatic N) is 1. The monoisotopic (exact) mass is 250 g/mol. The molecule has 0 spiro atoms. The molecule has 2 N–H and O–H groups in total. The smallest absolute Gasteiger partial charge is 0.337 e. The molecule has 0 aliphatic heterocycles. The van der Waals surface area contributed by atoms with Gasteiger partial charge in [-0.3, -0.25) is 0 Å². The van der Waals surface area contributed by atoms with E-state index in [-0.39, 0.29) is 11.5 Å². The normalized spacial score (nSPS) is 11.2. The van der Waals surface area contributed by atoms with E-state index in [0.717, 1.165) is 12.1 Å². The maximum absolute atomic E-state index is 11.4. The number of rotatable bonds is 4. The summed E-state index contributed by atoms with van der Waals surface area (Å²) in [6, 6.07) is 5.25. The number of esters is 1. The van der Waals surface area contributed by atoms with Gasteiger partial charge in [-0.2, -0.15) is 0 Å². The van der Waals surface area contributed by atoms with Crippen molar-refractivity contribution in [3.8, 4) is 0 Å². The lowest BCUT2D eigenvalue weighted by Crippen LogP contribution is -2.40. The van der Waals surface area contributed by atoms with Crippen molar-refractivity contribution in [2.75, 3.05) is 24.8 Å². The maximum Gasteiger partial charge on any atom is 0.337 e. The number of benzene rings is 1. The van der Waals surface area contributed by atoms with E-state index in [0.29, 0.717) is 11.3 Å². The number of hydrogen-bond donors (Lipinski definition) is 1. The summed E-state index contributed by atoms with van der Waals surface area (Å²) in [5.74, 6) is -0.370. The van der Waals surface area contributed by atoms with E-state index in [1.165, 1.54) is 7.11 Å². The Morgan fingerprint density at radius 1 is 1.44 bits per heavy atom. The Kier molecular flexibility index (Phi) is 4.22. The Morgan fingerprint density at radius 2 is 2.06 bits per heavy atom. The maximum atomic E-state index is 11.4. The average molecular weight is 250 g/mol. The molecule has 0 saturated carbocycles. The SMILES string of the molecule is CCC(C)(C)N(C)c1ccc(C(=O)OC)cc1N. The highest BCUT2D eigenvalue weighted by Crippen LogP contribution is 2.30. The van der Waals surface area contributed by atoms with Crippen LogP contribution in [0.4, 0.5) is 11.4 Å². The molecule has 1 aromatic rings. The first kappa shape index (κ1) is 14.4. The first-order valence-corrected chi connectivity index (χ1v) is 6.05. The van der Waals surface area contributed by atoms with Crippen LogP contribution in [-0.2, 0) is 4.74 Å². The third-order valence-electron chi connectivity index (χ3n) is 3.58. The summed E-state index contributed by atoms with van der Waals surface area (Å²) >= 11 is 0. The van der Waals surface area contributed by atoms with Gasteiger partial charge in [-0.05, 0) is 38.5 Å². The van der Waals surface area contributed by atoms with E-state index in [2.05, 4.69) is 30.4 Å². The third-order valence-corrected chi connectivity index (χ3v) is 3.58. The van der Waals surface area contributed by atoms with Crippen molar-refractivity contribution < 1.29 is 9.53 Å². The number of anilines is 2. The summed E-state index contributed by atoms with van der Waals surface area (Å²) in [6.45, 7) is 6.44. The summed E-state index contributed by atoms with van der Waals surface area (Å²) in [7, 11) is 3.37. The fourth-order valence-corrected chi connectivity index (χ4v) is 1.67. The third kappa shape index (κ3) is 2.75. The number of carbonyl (C=O) groups excluding carboxylic acids is 1. The van der Waals surface area contributed by atoms with E-state index < -0.39 is 0 Å². The molecule has 0 aliphatic carbocycles. The second-order valence-corrected chi connectivity index (χ2v) is 4.99. The van der Waals surface area contributed by atoms with Crippen LogP contribution in [0.2, 0.25) is 0 Å². The Balaban J connectivity index is 3.10. The molecule has 0 amide bonds. The summed E-state index contributed by atoms with van der Waals surface area (Å²) < 4.78 is 4.67. The van der Waals surface area contributed by atoms with Crippen LogP contribution in [0.5, 0.6) is 0 Å². The van der Waals surface area contributed by atoms with E-state index >= 15 is 0 Å². The van der Waals surface area contributed by atoms with Crippen molar-refractivity contribution >= 4 is 17.3 Å². The fraction of sp³-hybridized carbons (Fsp3) is 0.500. The van der Waals surface area contributed by atoms with Crippen molar-refractivity contribution in [1.29, 1.82) is 0 Å². The molecule has 100 valence electrons. The number of nitrogen functional groups attached to an aromatic ring is 1. The highest BCUT2D eigenvalue weighted by atomic mass is 16.5. The van der Waals surface area contributed by atoms with Crippen LogP contribution in [-0.4, -0.2) is 25.7 Å². The Bertz CT molecular complexity index is 441. The van der Waals surface area contributed by atoms with Crippen molar-refractivity contribution in [3.05, 3.63) is 23.8 Å². The Morgan fingerprint density at radius 3 is 2.50 bits per heavy atom. The molecule has 0 unspecified atom stereocenters. The minimum absolute atomic E-state index is 0.0148. The molecule has 18 heavy (non-hydrogen) atoms. The van der Waals surface area contributed by atoms with Gasteiger partial charge in [0.25, 0.3) is 0 Å². The number of ether oxygens (including phenoxy) is 1. The largest absolute Gasteiger partial charge is 0.465 e. The topological polar surface area (TPSA) is 55.6 Å². The van der Waals surface area contributed by atoms with Crippen LogP contribution in [0.25, 0.3) is 0 Å². The summed E-state index contributed by atoms with van der Waals surface area (Å²) in [5.41, 5.74) is 8.02. The lowest BCUT2D eigenvalue weighted by Gasteiger charge is -2.37. The van der Waals surface area contributed by atoms with Gasteiger partial charge in [0.2, 0.25) is 0 Å².